The highest BCUT2D eigenvalue weighted by molar-refractivity contribution is 6.08. The first-order valence-corrected chi connectivity index (χ1v) is 12.2. The lowest BCUT2D eigenvalue weighted by molar-refractivity contribution is 0.102. The van der Waals surface area contributed by atoms with Crippen LogP contribution in [0.25, 0.3) is 22.4 Å². The summed E-state index contributed by atoms with van der Waals surface area (Å²) in [6.07, 6.45) is 5.05. The smallest absolute Gasteiger partial charge is 0.261 e. The topological polar surface area (TPSA) is 103 Å². The summed E-state index contributed by atoms with van der Waals surface area (Å²) in [7, 11) is 0. The number of aromatic nitrogens is 4. The van der Waals surface area contributed by atoms with Crippen LogP contribution < -0.4 is 10.9 Å². The number of aryl methyl sites for hydroxylation is 2. The van der Waals surface area contributed by atoms with Gasteiger partial charge in [-0.25, -0.2) is 4.98 Å². The monoisotopic (exact) mass is 471 g/mol. The van der Waals surface area contributed by atoms with E-state index < -0.39 is 0 Å². The molecular weight excluding hydrogens is 442 g/mol. The molecule has 0 saturated carbocycles. The van der Waals surface area contributed by atoms with Crippen LogP contribution in [0.1, 0.15) is 73.0 Å². The van der Waals surface area contributed by atoms with Crippen LogP contribution in [0, 0.1) is 6.92 Å². The van der Waals surface area contributed by atoms with Crippen molar-refractivity contribution < 1.29 is 9.32 Å². The van der Waals surface area contributed by atoms with E-state index in [0.29, 0.717) is 46.0 Å². The average molecular weight is 472 g/mol. The normalized spacial score (nSPS) is 13.9. The molecule has 3 heterocycles. The van der Waals surface area contributed by atoms with Gasteiger partial charge in [-0.2, -0.15) is 4.98 Å². The second-order valence-corrected chi connectivity index (χ2v) is 9.44. The summed E-state index contributed by atoms with van der Waals surface area (Å²) >= 11 is 0. The maximum atomic E-state index is 13.3. The van der Waals surface area contributed by atoms with Crippen molar-refractivity contribution >= 4 is 22.5 Å². The standard InChI is InChI=1S/C27H29N5O3/c1-16(2)24-30-26(35-31-24)20-10-8-9-17(3)23(20)29-25(33)18-12-13-19-21(15-18)28-22-11-6-4-5-7-14-32(22)27(19)34/h8-10,12-13,15-16H,4-7,11,14H2,1-3H3,(H,29,33). The van der Waals surface area contributed by atoms with Crippen LogP contribution in [-0.4, -0.2) is 25.6 Å². The van der Waals surface area contributed by atoms with Gasteiger partial charge >= 0.3 is 0 Å². The van der Waals surface area contributed by atoms with Crippen LogP contribution in [0.5, 0.6) is 0 Å². The molecule has 8 nitrogen and oxygen atoms in total. The number of hydrogen-bond acceptors (Lipinski definition) is 6. The molecule has 0 bridgehead atoms. The lowest BCUT2D eigenvalue weighted by Crippen LogP contribution is -2.26. The number of hydrogen-bond donors (Lipinski definition) is 1. The van der Waals surface area contributed by atoms with Crippen LogP contribution in [0.3, 0.4) is 0 Å². The van der Waals surface area contributed by atoms with Crippen molar-refractivity contribution in [1.82, 2.24) is 19.7 Å². The van der Waals surface area contributed by atoms with E-state index >= 15 is 0 Å². The fourth-order valence-corrected chi connectivity index (χ4v) is 4.51. The molecule has 0 saturated heterocycles. The fourth-order valence-electron chi connectivity index (χ4n) is 4.51. The molecule has 4 aromatic rings. The summed E-state index contributed by atoms with van der Waals surface area (Å²) in [5.41, 5.74) is 3.11. The van der Waals surface area contributed by atoms with Gasteiger partial charge < -0.3 is 9.84 Å². The number of carbonyl (C=O) groups is 1. The van der Waals surface area contributed by atoms with Gasteiger partial charge in [0.25, 0.3) is 17.4 Å². The third-order valence-corrected chi connectivity index (χ3v) is 6.53. The van der Waals surface area contributed by atoms with Crippen molar-refractivity contribution in [3.63, 3.8) is 0 Å². The Hall–Kier alpha value is -3.81. The fraction of sp³-hybridized carbons (Fsp3) is 0.370. The van der Waals surface area contributed by atoms with Crippen LogP contribution in [-0.2, 0) is 13.0 Å². The molecule has 8 heteroatoms. The number of para-hydroxylation sites is 1. The number of nitrogens with zero attached hydrogens (tertiary/aromatic N) is 4. The second-order valence-electron chi connectivity index (χ2n) is 9.44. The summed E-state index contributed by atoms with van der Waals surface area (Å²) in [4.78, 5) is 35.7. The maximum absolute atomic E-state index is 13.3. The predicted molar refractivity (Wildman–Crippen MR) is 135 cm³/mol. The minimum absolute atomic E-state index is 0.0302. The molecule has 1 N–H and O–H groups in total. The van der Waals surface area contributed by atoms with E-state index in [-0.39, 0.29) is 17.4 Å². The molecule has 2 aromatic carbocycles. The van der Waals surface area contributed by atoms with E-state index in [1.165, 1.54) is 0 Å². The predicted octanol–water partition coefficient (Wildman–Crippen LogP) is 5.25. The molecule has 0 spiro atoms. The van der Waals surface area contributed by atoms with Crippen molar-refractivity contribution in [1.29, 1.82) is 0 Å². The quantitative estimate of drug-likeness (QED) is 0.436. The number of benzene rings is 2. The number of fused-ring (bicyclic) bond motifs is 2. The Bertz CT molecular complexity index is 1470. The van der Waals surface area contributed by atoms with E-state index in [1.54, 1.807) is 22.8 Å². The molecule has 180 valence electrons. The molecular formula is C27H29N5O3. The zero-order valence-corrected chi connectivity index (χ0v) is 20.3. The van der Waals surface area contributed by atoms with Crippen LogP contribution in [0.4, 0.5) is 5.69 Å². The molecule has 0 fully saturated rings. The van der Waals surface area contributed by atoms with Crippen molar-refractivity contribution in [3.8, 4) is 11.5 Å². The third-order valence-electron chi connectivity index (χ3n) is 6.53. The zero-order valence-electron chi connectivity index (χ0n) is 20.3. The Labute approximate surface area is 203 Å². The molecule has 0 atom stereocenters. The summed E-state index contributed by atoms with van der Waals surface area (Å²) < 4.78 is 7.28. The van der Waals surface area contributed by atoms with Crippen molar-refractivity contribution in [2.24, 2.45) is 0 Å². The molecule has 35 heavy (non-hydrogen) atoms. The summed E-state index contributed by atoms with van der Waals surface area (Å²) in [6.45, 7) is 6.60. The maximum Gasteiger partial charge on any atom is 0.261 e. The molecule has 1 aliphatic heterocycles. The van der Waals surface area contributed by atoms with Gasteiger partial charge in [0.15, 0.2) is 5.82 Å². The largest absolute Gasteiger partial charge is 0.334 e. The van der Waals surface area contributed by atoms with Crippen LogP contribution in [0.2, 0.25) is 0 Å². The number of carbonyl (C=O) groups excluding carboxylic acids is 1. The highest BCUT2D eigenvalue weighted by Crippen LogP contribution is 2.31. The van der Waals surface area contributed by atoms with Crippen LogP contribution >= 0.6 is 0 Å². The molecule has 0 unspecified atom stereocenters. The van der Waals surface area contributed by atoms with Crippen LogP contribution in [0.15, 0.2) is 45.7 Å². The first-order chi connectivity index (χ1) is 16.9. The SMILES string of the molecule is Cc1cccc(-c2nc(C(C)C)no2)c1NC(=O)c1ccc2c(=O)n3c(nc2c1)CCCCCC3. The Kier molecular flexibility index (Phi) is 6.19. The summed E-state index contributed by atoms with van der Waals surface area (Å²) in [5.74, 6) is 1.61. The number of anilines is 1. The van der Waals surface area contributed by atoms with Gasteiger partial charge in [-0.1, -0.05) is 44.0 Å². The molecule has 0 aliphatic carbocycles. The van der Waals surface area contributed by atoms with Crippen molar-refractivity contribution in [3.05, 3.63) is 69.5 Å². The zero-order chi connectivity index (χ0) is 24.5. The number of amides is 1. The van der Waals surface area contributed by atoms with E-state index in [1.807, 2.05) is 39.0 Å². The highest BCUT2D eigenvalue weighted by Gasteiger charge is 2.19. The van der Waals surface area contributed by atoms with Crippen molar-refractivity contribution in [2.75, 3.05) is 5.32 Å². The minimum atomic E-state index is -0.292. The minimum Gasteiger partial charge on any atom is -0.334 e. The van der Waals surface area contributed by atoms with Gasteiger partial charge in [-0.05, 0) is 49.6 Å². The molecule has 0 radical (unpaired) electrons. The Balaban J connectivity index is 1.49. The third kappa shape index (κ3) is 4.48. The molecule has 1 aliphatic rings. The second kappa shape index (κ2) is 9.44. The van der Waals surface area contributed by atoms with E-state index in [4.69, 9.17) is 9.51 Å². The Morgan fingerprint density at radius 2 is 1.91 bits per heavy atom. The lowest BCUT2D eigenvalue weighted by atomic mass is 10.1. The van der Waals surface area contributed by atoms with E-state index in [9.17, 15) is 9.59 Å². The van der Waals surface area contributed by atoms with Crippen molar-refractivity contribution in [2.45, 2.75) is 65.3 Å². The molecule has 1 amide bonds. The lowest BCUT2D eigenvalue weighted by Gasteiger charge is -2.16. The number of rotatable bonds is 4. The first kappa shape index (κ1) is 23.0. The highest BCUT2D eigenvalue weighted by atomic mass is 16.5. The first-order valence-electron chi connectivity index (χ1n) is 12.2. The number of nitrogens with one attached hydrogen (secondary N) is 1. The van der Waals surface area contributed by atoms with Gasteiger partial charge in [0.05, 0.1) is 22.2 Å². The van der Waals surface area contributed by atoms with Gasteiger partial charge in [0.1, 0.15) is 5.82 Å². The average Bonchev–Trinajstić information content (AvgIpc) is 3.32. The Morgan fingerprint density at radius 1 is 1.09 bits per heavy atom. The van der Waals surface area contributed by atoms with Gasteiger partial charge in [0.2, 0.25) is 0 Å². The summed E-state index contributed by atoms with van der Waals surface area (Å²) in [5, 5.41) is 7.60. The van der Waals surface area contributed by atoms with E-state index in [0.717, 1.165) is 43.5 Å². The van der Waals surface area contributed by atoms with Gasteiger partial charge in [0, 0.05) is 24.4 Å². The summed E-state index contributed by atoms with van der Waals surface area (Å²) in [6, 6.07) is 10.7. The Morgan fingerprint density at radius 3 is 2.71 bits per heavy atom. The molecule has 2 aromatic heterocycles. The van der Waals surface area contributed by atoms with Gasteiger partial charge in [-0.3, -0.25) is 14.2 Å². The van der Waals surface area contributed by atoms with E-state index in [2.05, 4.69) is 15.5 Å². The van der Waals surface area contributed by atoms with Gasteiger partial charge in [-0.15, -0.1) is 0 Å². The molecule has 5 rings (SSSR count).